The second-order valence-corrected chi connectivity index (χ2v) is 7.24. The van der Waals surface area contributed by atoms with Gasteiger partial charge in [-0.05, 0) is 31.2 Å². The second-order valence-electron chi connectivity index (χ2n) is 7.24. The van der Waals surface area contributed by atoms with Gasteiger partial charge in [-0.2, -0.15) is 0 Å². The van der Waals surface area contributed by atoms with Crippen molar-refractivity contribution < 1.29 is 9.53 Å². The molecular weight excluding hydrogens is 300 g/mol. The molecule has 132 valence electrons. The summed E-state index contributed by atoms with van der Waals surface area (Å²) in [5.41, 5.74) is 1.22. The van der Waals surface area contributed by atoms with Gasteiger partial charge in [0, 0.05) is 38.8 Å². The minimum Gasteiger partial charge on any atom is -0.380 e. The summed E-state index contributed by atoms with van der Waals surface area (Å²) in [5.74, 6) is 0.330. The molecule has 3 rings (SSSR count). The molecule has 1 spiro atoms. The van der Waals surface area contributed by atoms with E-state index in [9.17, 15) is 4.79 Å². The number of rotatable bonds is 6. The molecule has 24 heavy (non-hydrogen) atoms. The van der Waals surface area contributed by atoms with Crippen LogP contribution in [0.15, 0.2) is 30.3 Å². The Balaban J connectivity index is 1.58. The average Bonchev–Trinajstić information content (AvgIpc) is 2.87. The van der Waals surface area contributed by atoms with Crippen molar-refractivity contribution in [2.24, 2.45) is 0 Å². The summed E-state index contributed by atoms with van der Waals surface area (Å²) in [6.07, 6.45) is 4.20. The Kier molecular flexibility index (Phi) is 5.57. The lowest BCUT2D eigenvalue weighted by Gasteiger charge is -2.43. The van der Waals surface area contributed by atoms with E-state index in [-0.39, 0.29) is 11.5 Å². The van der Waals surface area contributed by atoms with Gasteiger partial charge in [-0.25, -0.2) is 0 Å². The van der Waals surface area contributed by atoms with Crippen LogP contribution < -0.4 is 0 Å². The molecule has 2 fully saturated rings. The maximum atomic E-state index is 12.8. The van der Waals surface area contributed by atoms with Crippen molar-refractivity contribution in [3.05, 3.63) is 35.9 Å². The van der Waals surface area contributed by atoms with Crippen molar-refractivity contribution in [2.75, 3.05) is 39.9 Å². The molecule has 4 nitrogen and oxygen atoms in total. The third-order valence-electron chi connectivity index (χ3n) is 5.81. The minimum atomic E-state index is 0.0376. The Hall–Kier alpha value is -1.39. The van der Waals surface area contributed by atoms with E-state index >= 15 is 0 Å². The molecule has 0 radical (unpaired) electrons. The number of carbonyl (C=O) groups is 1. The molecule has 2 aliphatic rings. The number of piperidine rings is 1. The van der Waals surface area contributed by atoms with E-state index in [0.717, 1.165) is 58.5 Å². The van der Waals surface area contributed by atoms with Crippen molar-refractivity contribution in [3.8, 4) is 0 Å². The fourth-order valence-corrected chi connectivity index (χ4v) is 4.19. The predicted octanol–water partition coefficient (Wildman–Crippen LogP) is 2.89. The summed E-state index contributed by atoms with van der Waals surface area (Å²) in [6.45, 7) is 6.95. The van der Waals surface area contributed by atoms with E-state index in [4.69, 9.17) is 4.74 Å². The highest BCUT2D eigenvalue weighted by molar-refractivity contribution is 5.87. The normalized spacial score (nSPS) is 24.0. The SMILES string of the molecule is CCCOCCN1CCC2(CC1)CC(c1ccccc1)C(=O)N2C. The minimum absolute atomic E-state index is 0.0376. The summed E-state index contributed by atoms with van der Waals surface area (Å²) >= 11 is 0. The Labute approximate surface area is 145 Å². The van der Waals surface area contributed by atoms with Gasteiger partial charge in [-0.1, -0.05) is 37.3 Å². The third kappa shape index (κ3) is 3.50. The zero-order valence-corrected chi connectivity index (χ0v) is 15.0. The first-order valence-electron chi connectivity index (χ1n) is 9.29. The summed E-state index contributed by atoms with van der Waals surface area (Å²) in [6, 6.07) is 10.3. The lowest BCUT2D eigenvalue weighted by Crippen LogP contribution is -2.52. The van der Waals surface area contributed by atoms with Crippen LogP contribution in [0.2, 0.25) is 0 Å². The molecule has 1 aromatic carbocycles. The number of carbonyl (C=O) groups excluding carboxylic acids is 1. The monoisotopic (exact) mass is 330 g/mol. The highest BCUT2D eigenvalue weighted by Crippen LogP contribution is 2.44. The fourth-order valence-electron chi connectivity index (χ4n) is 4.19. The highest BCUT2D eigenvalue weighted by atomic mass is 16.5. The summed E-state index contributed by atoms with van der Waals surface area (Å²) in [4.78, 5) is 17.3. The molecule has 0 bridgehead atoms. The van der Waals surface area contributed by atoms with E-state index in [1.54, 1.807) is 0 Å². The number of likely N-dealkylation sites (tertiary alicyclic amines) is 2. The van der Waals surface area contributed by atoms with Gasteiger partial charge in [0.15, 0.2) is 0 Å². The lowest BCUT2D eigenvalue weighted by atomic mass is 9.81. The van der Waals surface area contributed by atoms with Crippen LogP contribution in [0.4, 0.5) is 0 Å². The quantitative estimate of drug-likeness (QED) is 0.752. The Morgan fingerprint density at radius 2 is 1.88 bits per heavy atom. The zero-order chi connectivity index (χ0) is 17.0. The van der Waals surface area contributed by atoms with Crippen LogP contribution in [0.3, 0.4) is 0 Å². The van der Waals surface area contributed by atoms with Crippen molar-refractivity contribution in [1.82, 2.24) is 9.80 Å². The van der Waals surface area contributed by atoms with Crippen LogP contribution in [0.1, 0.15) is 44.1 Å². The van der Waals surface area contributed by atoms with Crippen LogP contribution in [0.5, 0.6) is 0 Å². The summed E-state index contributed by atoms with van der Waals surface area (Å²) in [5, 5.41) is 0. The number of benzene rings is 1. The first kappa shape index (κ1) is 17.4. The van der Waals surface area contributed by atoms with Gasteiger partial charge in [0.25, 0.3) is 0 Å². The van der Waals surface area contributed by atoms with Crippen LogP contribution in [-0.4, -0.2) is 61.1 Å². The number of hydrogen-bond acceptors (Lipinski definition) is 3. The van der Waals surface area contributed by atoms with E-state index in [1.165, 1.54) is 5.56 Å². The Bertz CT molecular complexity index is 538. The molecule has 1 amide bonds. The highest BCUT2D eigenvalue weighted by Gasteiger charge is 2.50. The van der Waals surface area contributed by atoms with Crippen molar-refractivity contribution in [2.45, 2.75) is 44.1 Å². The molecule has 0 N–H and O–H groups in total. The molecule has 0 aromatic heterocycles. The van der Waals surface area contributed by atoms with E-state index < -0.39 is 0 Å². The first-order chi connectivity index (χ1) is 11.7. The molecule has 1 aromatic rings. The molecule has 0 saturated carbocycles. The van der Waals surface area contributed by atoms with E-state index in [0.29, 0.717) is 5.91 Å². The van der Waals surface area contributed by atoms with E-state index in [2.05, 4.69) is 28.9 Å². The van der Waals surface area contributed by atoms with Crippen LogP contribution in [0.25, 0.3) is 0 Å². The van der Waals surface area contributed by atoms with Crippen molar-refractivity contribution in [3.63, 3.8) is 0 Å². The van der Waals surface area contributed by atoms with Gasteiger partial charge < -0.3 is 14.5 Å². The molecule has 2 heterocycles. The number of ether oxygens (including phenoxy) is 1. The zero-order valence-electron chi connectivity index (χ0n) is 15.0. The van der Waals surface area contributed by atoms with Crippen molar-refractivity contribution in [1.29, 1.82) is 0 Å². The maximum absolute atomic E-state index is 12.8. The van der Waals surface area contributed by atoms with Gasteiger partial charge >= 0.3 is 0 Å². The molecule has 2 saturated heterocycles. The van der Waals surface area contributed by atoms with Gasteiger partial charge in [0.05, 0.1) is 12.5 Å². The van der Waals surface area contributed by atoms with E-state index in [1.807, 2.05) is 25.2 Å². The molecule has 2 aliphatic heterocycles. The lowest BCUT2D eigenvalue weighted by molar-refractivity contribution is -0.131. The third-order valence-corrected chi connectivity index (χ3v) is 5.81. The molecule has 1 unspecified atom stereocenters. The summed E-state index contributed by atoms with van der Waals surface area (Å²) < 4.78 is 5.61. The average molecular weight is 330 g/mol. The van der Waals surface area contributed by atoms with Crippen LogP contribution >= 0.6 is 0 Å². The van der Waals surface area contributed by atoms with Crippen LogP contribution in [-0.2, 0) is 9.53 Å². The first-order valence-corrected chi connectivity index (χ1v) is 9.29. The number of amides is 1. The fraction of sp³-hybridized carbons (Fsp3) is 0.650. The number of nitrogens with zero attached hydrogens (tertiary/aromatic N) is 2. The number of hydrogen-bond donors (Lipinski definition) is 0. The predicted molar refractivity (Wildman–Crippen MR) is 96.1 cm³/mol. The Morgan fingerprint density at radius 1 is 1.17 bits per heavy atom. The number of likely N-dealkylation sites (N-methyl/N-ethyl adjacent to an activating group) is 1. The summed E-state index contributed by atoms with van der Waals surface area (Å²) in [7, 11) is 2.01. The van der Waals surface area contributed by atoms with Crippen molar-refractivity contribution >= 4 is 5.91 Å². The topological polar surface area (TPSA) is 32.8 Å². The maximum Gasteiger partial charge on any atom is 0.230 e. The Morgan fingerprint density at radius 3 is 2.54 bits per heavy atom. The van der Waals surface area contributed by atoms with Gasteiger partial charge in [-0.3, -0.25) is 4.79 Å². The molecule has 0 aliphatic carbocycles. The standard InChI is InChI=1S/C20H30N2O2/c1-3-14-24-15-13-22-11-9-20(10-12-22)16-18(19(23)21(20)2)17-7-5-4-6-8-17/h4-8,18H,3,9-16H2,1-2H3. The molecular formula is C20H30N2O2. The van der Waals surface area contributed by atoms with Gasteiger partial charge in [-0.15, -0.1) is 0 Å². The molecule has 4 heteroatoms. The largest absolute Gasteiger partial charge is 0.380 e. The molecule has 1 atom stereocenters. The van der Waals surface area contributed by atoms with Gasteiger partial charge in [0.2, 0.25) is 5.91 Å². The van der Waals surface area contributed by atoms with Crippen LogP contribution in [0, 0.1) is 0 Å². The van der Waals surface area contributed by atoms with Gasteiger partial charge in [0.1, 0.15) is 0 Å². The smallest absolute Gasteiger partial charge is 0.230 e. The second kappa shape index (κ2) is 7.66.